The smallest absolute Gasteiger partial charge is 0.361 e. The van der Waals surface area contributed by atoms with Crippen LogP contribution in [-0.2, 0) is 0 Å². The average Bonchev–Trinajstić information content (AvgIpc) is 3.61. The zero-order chi connectivity index (χ0) is 24.5. The molecule has 0 atom stereocenters. The first-order valence-corrected chi connectivity index (χ1v) is 12.6. The Morgan fingerprint density at radius 2 is 1.54 bits per heavy atom. The van der Waals surface area contributed by atoms with Gasteiger partial charge in [-0.05, 0) is 81.3 Å². The molecule has 3 aliphatic rings. The molecule has 1 saturated carbocycles. The summed E-state index contributed by atoms with van der Waals surface area (Å²) in [6, 6.07) is 6.31. The summed E-state index contributed by atoms with van der Waals surface area (Å²) >= 11 is 0. The summed E-state index contributed by atoms with van der Waals surface area (Å²) in [5.74, 6) is -0.111. The number of anilines is 1. The van der Waals surface area contributed by atoms with Crippen molar-refractivity contribution in [3.8, 4) is 0 Å². The molecule has 5 rings (SSSR count). The number of pyridine rings is 2. The molecule has 4 heterocycles. The number of aromatic nitrogens is 2. The van der Waals surface area contributed by atoms with Crippen molar-refractivity contribution < 1.29 is 18.0 Å². The van der Waals surface area contributed by atoms with E-state index in [9.17, 15) is 18.0 Å². The third-order valence-electron chi connectivity index (χ3n) is 7.77. The zero-order valence-corrected chi connectivity index (χ0v) is 19.9. The molecule has 190 valence electrons. The van der Waals surface area contributed by atoms with E-state index in [2.05, 4.69) is 30.4 Å². The van der Waals surface area contributed by atoms with Crippen LogP contribution < -0.4 is 10.6 Å². The van der Waals surface area contributed by atoms with E-state index in [-0.39, 0.29) is 23.5 Å². The Morgan fingerprint density at radius 3 is 2.20 bits per heavy atom. The Bertz CT molecular complexity index is 1040. The Morgan fingerprint density at radius 1 is 0.914 bits per heavy atom. The summed E-state index contributed by atoms with van der Waals surface area (Å²) < 4.78 is 37.2. The number of hydrogen-bond acceptors (Lipinski definition) is 6. The molecule has 0 radical (unpaired) electrons. The molecule has 1 aliphatic carbocycles. The number of carbonyl (C=O) groups is 1. The zero-order valence-electron chi connectivity index (χ0n) is 19.9. The van der Waals surface area contributed by atoms with Crippen molar-refractivity contribution in [2.75, 3.05) is 51.1 Å². The third-order valence-corrected chi connectivity index (χ3v) is 7.77. The van der Waals surface area contributed by atoms with E-state index in [4.69, 9.17) is 0 Å². The second-order valence-corrected chi connectivity index (χ2v) is 10.3. The number of rotatable bonds is 7. The van der Waals surface area contributed by atoms with Gasteiger partial charge < -0.3 is 20.4 Å². The Kier molecular flexibility index (Phi) is 6.85. The van der Waals surface area contributed by atoms with Gasteiger partial charge in [0.05, 0.1) is 11.0 Å². The molecule has 1 amide bonds. The number of carbonyl (C=O) groups excluding carboxylic acids is 1. The van der Waals surface area contributed by atoms with Crippen LogP contribution in [0.1, 0.15) is 49.0 Å². The third kappa shape index (κ3) is 6.41. The molecule has 0 aromatic carbocycles. The van der Waals surface area contributed by atoms with Crippen LogP contribution >= 0.6 is 0 Å². The summed E-state index contributed by atoms with van der Waals surface area (Å²) in [7, 11) is 0. The normalized spacial score (nSPS) is 21.3. The number of halogens is 3. The SMILES string of the molecule is O=C(NC1CCN(CCN2CCC3(CC2)CC3)CC1)c1ccc2nc(NCC(F)(F)F)ccc2n1. The van der Waals surface area contributed by atoms with Crippen molar-refractivity contribution in [2.24, 2.45) is 5.41 Å². The van der Waals surface area contributed by atoms with Gasteiger partial charge in [0, 0.05) is 32.2 Å². The van der Waals surface area contributed by atoms with Crippen LogP contribution in [0.5, 0.6) is 0 Å². The molecule has 2 aromatic heterocycles. The molecule has 35 heavy (non-hydrogen) atoms. The van der Waals surface area contributed by atoms with E-state index in [0.717, 1.165) is 44.4 Å². The maximum absolute atomic E-state index is 12.8. The number of nitrogens with zero attached hydrogens (tertiary/aromatic N) is 4. The van der Waals surface area contributed by atoms with Crippen LogP contribution in [0, 0.1) is 5.41 Å². The number of amides is 1. The molecule has 2 N–H and O–H groups in total. The summed E-state index contributed by atoms with van der Waals surface area (Å²) in [4.78, 5) is 26.4. The van der Waals surface area contributed by atoms with Gasteiger partial charge in [-0.15, -0.1) is 0 Å². The predicted molar refractivity (Wildman–Crippen MR) is 128 cm³/mol. The Labute approximate surface area is 203 Å². The quantitative estimate of drug-likeness (QED) is 0.617. The monoisotopic (exact) mass is 490 g/mol. The maximum atomic E-state index is 12.8. The van der Waals surface area contributed by atoms with Gasteiger partial charge in [-0.1, -0.05) is 0 Å². The number of piperidine rings is 2. The lowest BCUT2D eigenvalue weighted by Gasteiger charge is -2.36. The highest BCUT2D eigenvalue weighted by atomic mass is 19.4. The second kappa shape index (κ2) is 9.89. The number of nitrogens with one attached hydrogen (secondary N) is 2. The number of fused-ring (bicyclic) bond motifs is 1. The molecular weight excluding hydrogens is 457 g/mol. The van der Waals surface area contributed by atoms with E-state index in [1.807, 2.05) is 0 Å². The van der Waals surface area contributed by atoms with Crippen LogP contribution in [-0.4, -0.2) is 83.7 Å². The fourth-order valence-electron chi connectivity index (χ4n) is 5.20. The standard InChI is InChI=1S/C25H33F3N6O/c26-25(27,28)17-29-22-4-3-19-20(32-22)1-2-21(31-19)23(35)30-18-5-11-33(12-6-18)15-16-34-13-9-24(7-8-24)10-14-34/h1-4,18H,5-17H2,(H,29,32)(H,30,35). The van der Waals surface area contributed by atoms with Crippen LogP contribution in [0.15, 0.2) is 24.3 Å². The molecule has 1 spiro atoms. The van der Waals surface area contributed by atoms with E-state index in [0.29, 0.717) is 11.0 Å². The molecular formula is C25H33F3N6O. The van der Waals surface area contributed by atoms with Gasteiger partial charge in [-0.25, -0.2) is 9.97 Å². The summed E-state index contributed by atoms with van der Waals surface area (Å²) in [5.41, 5.74) is 1.91. The van der Waals surface area contributed by atoms with Crippen molar-refractivity contribution >= 4 is 22.8 Å². The van der Waals surface area contributed by atoms with Crippen LogP contribution in [0.2, 0.25) is 0 Å². The molecule has 0 bridgehead atoms. The van der Waals surface area contributed by atoms with Gasteiger partial charge in [0.1, 0.15) is 18.1 Å². The molecule has 2 aliphatic heterocycles. The first-order valence-electron chi connectivity index (χ1n) is 12.6. The van der Waals surface area contributed by atoms with Crippen molar-refractivity contribution in [1.29, 1.82) is 0 Å². The molecule has 3 fully saturated rings. The first-order chi connectivity index (χ1) is 16.8. The number of alkyl halides is 3. The topological polar surface area (TPSA) is 73.4 Å². The molecule has 2 saturated heterocycles. The van der Waals surface area contributed by atoms with Gasteiger partial charge in [-0.3, -0.25) is 4.79 Å². The fourth-order valence-corrected chi connectivity index (χ4v) is 5.20. The summed E-state index contributed by atoms with van der Waals surface area (Å²) in [6.07, 6.45) is 3.13. The number of likely N-dealkylation sites (tertiary alicyclic amines) is 2. The van der Waals surface area contributed by atoms with E-state index >= 15 is 0 Å². The lowest BCUT2D eigenvalue weighted by atomic mass is 9.94. The second-order valence-electron chi connectivity index (χ2n) is 10.3. The van der Waals surface area contributed by atoms with Crippen LogP contribution in [0.3, 0.4) is 0 Å². The van der Waals surface area contributed by atoms with Gasteiger partial charge in [-0.2, -0.15) is 13.2 Å². The minimum Gasteiger partial charge on any atom is -0.361 e. The minimum atomic E-state index is -4.32. The molecule has 0 unspecified atom stereocenters. The first kappa shape index (κ1) is 24.2. The van der Waals surface area contributed by atoms with Gasteiger partial charge >= 0.3 is 6.18 Å². The summed E-state index contributed by atoms with van der Waals surface area (Å²) in [6.45, 7) is 5.51. The van der Waals surface area contributed by atoms with Crippen molar-refractivity contribution in [3.63, 3.8) is 0 Å². The highest BCUT2D eigenvalue weighted by Gasteiger charge is 2.44. The highest BCUT2D eigenvalue weighted by molar-refractivity contribution is 5.94. The van der Waals surface area contributed by atoms with Gasteiger partial charge in [0.2, 0.25) is 0 Å². The Balaban J connectivity index is 1.07. The van der Waals surface area contributed by atoms with Crippen LogP contribution in [0.4, 0.5) is 19.0 Å². The van der Waals surface area contributed by atoms with Gasteiger partial charge in [0.25, 0.3) is 5.91 Å². The number of hydrogen-bond donors (Lipinski definition) is 2. The molecule has 7 nitrogen and oxygen atoms in total. The van der Waals surface area contributed by atoms with Crippen molar-refractivity contribution in [3.05, 3.63) is 30.0 Å². The summed E-state index contributed by atoms with van der Waals surface area (Å²) in [5, 5.41) is 5.35. The van der Waals surface area contributed by atoms with E-state index < -0.39 is 12.7 Å². The largest absolute Gasteiger partial charge is 0.405 e. The van der Waals surface area contributed by atoms with Crippen LogP contribution in [0.25, 0.3) is 11.0 Å². The lowest BCUT2D eigenvalue weighted by Crippen LogP contribution is -2.47. The predicted octanol–water partition coefficient (Wildman–Crippen LogP) is 3.67. The lowest BCUT2D eigenvalue weighted by molar-refractivity contribution is -0.115. The Hall–Kier alpha value is -2.46. The van der Waals surface area contributed by atoms with E-state index in [1.165, 1.54) is 44.8 Å². The van der Waals surface area contributed by atoms with E-state index in [1.54, 1.807) is 18.2 Å². The minimum absolute atomic E-state index is 0.118. The average molecular weight is 491 g/mol. The fraction of sp³-hybridized carbons (Fsp3) is 0.640. The van der Waals surface area contributed by atoms with Crippen molar-refractivity contribution in [2.45, 2.75) is 50.7 Å². The molecule has 10 heteroatoms. The van der Waals surface area contributed by atoms with Gasteiger partial charge in [0.15, 0.2) is 0 Å². The maximum Gasteiger partial charge on any atom is 0.405 e. The highest BCUT2D eigenvalue weighted by Crippen LogP contribution is 2.53. The van der Waals surface area contributed by atoms with Crippen molar-refractivity contribution in [1.82, 2.24) is 25.1 Å². The molecule has 2 aromatic rings.